The van der Waals surface area contributed by atoms with Crippen LogP contribution < -0.4 is 15.4 Å². The number of hydrogen-bond donors (Lipinski definition) is 2. The number of carbonyl (C=O) groups is 2. The Kier molecular flexibility index (Phi) is 5.20. The Balaban J connectivity index is 1.83. The number of halogens is 2. The zero-order valence-electron chi connectivity index (χ0n) is 12.3. The van der Waals surface area contributed by atoms with Crippen molar-refractivity contribution in [2.24, 2.45) is 0 Å². The molecular weight excluding hydrogens is 487 g/mol. The van der Waals surface area contributed by atoms with E-state index >= 15 is 0 Å². The normalized spacial score (nSPS) is 15.3. The van der Waals surface area contributed by atoms with Crippen LogP contribution in [0.5, 0.6) is 5.75 Å². The maximum absolute atomic E-state index is 11.7. The second kappa shape index (κ2) is 7.35. The molecule has 0 atom stereocenters. The fourth-order valence-electron chi connectivity index (χ4n) is 2.14. The van der Waals surface area contributed by atoms with Crippen LogP contribution in [0.25, 0.3) is 6.08 Å². The highest BCUT2D eigenvalue weighted by atomic mass is 127. The summed E-state index contributed by atoms with van der Waals surface area (Å²) in [4.78, 5) is 22.9. The summed E-state index contributed by atoms with van der Waals surface area (Å²) in [6.07, 6.45) is 1.59. The fraction of sp³-hybridized carbons (Fsp3) is 0.0588. The number of imide groups is 1. The van der Waals surface area contributed by atoms with E-state index in [0.717, 1.165) is 13.6 Å². The SMILES string of the molecule is O=C1NC(=O)C(=Cc2cc(Br)ccc2OCc2ccc(I)cc2)N1. The summed E-state index contributed by atoms with van der Waals surface area (Å²) in [6, 6.07) is 13.0. The van der Waals surface area contributed by atoms with Crippen molar-refractivity contribution in [3.63, 3.8) is 0 Å². The Labute approximate surface area is 160 Å². The highest BCUT2D eigenvalue weighted by Crippen LogP contribution is 2.26. The number of rotatable bonds is 4. The van der Waals surface area contributed by atoms with Gasteiger partial charge in [-0.2, -0.15) is 0 Å². The van der Waals surface area contributed by atoms with E-state index in [-0.39, 0.29) is 5.70 Å². The van der Waals surface area contributed by atoms with Gasteiger partial charge in [-0.05, 0) is 64.6 Å². The van der Waals surface area contributed by atoms with Crippen molar-refractivity contribution >= 4 is 56.5 Å². The third-order valence-electron chi connectivity index (χ3n) is 3.30. The number of hydrogen-bond acceptors (Lipinski definition) is 3. The molecule has 3 rings (SSSR count). The second-order valence-corrected chi connectivity index (χ2v) is 7.22. The third kappa shape index (κ3) is 4.15. The topological polar surface area (TPSA) is 67.4 Å². The van der Waals surface area contributed by atoms with Crippen molar-refractivity contribution in [2.75, 3.05) is 0 Å². The molecule has 0 saturated carbocycles. The van der Waals surface area contributed by atoms with Crippen LogP contribution >= 0.6 is 38.5 Å². The molecule has 5 nitrogen and oxygen atoms in total. The van der Waals surface area contributed by atoms with Crippen LogP contribution in [-0.2, 0) is 11.4 Å². The molecule has 0 aromatic heterocycles. The first-order valence-corrected chi connectivity index (χ1v) is 8.89. The highest BCUT2D eigenvalue weighted by molar-refractivity contribution is 14.1. The van der Waals surface area contributed by atoms with Crippen molar-refractivity contribution in [1.82, 2.24) is 10.6 Å². The largest absolute Gasteiger partial charge is 0.488 e. The summed E-state index contributed by atoms with van der Waals surface area (Å²) in [5.74, 6) is 0.168. The number of urea groups is 1. The van der Waals surface area contributed by atoms with E-state index in [2.05, 4.69) is 49.2 Å². The Morgan fingerprint density at radius 3 is 2.50 bits per heavy atom. The maximum atomic E-state index is 11.7. The van der Waals surface area contributed by atoms with Gasteiger partial charge in [0.05, 0.1) is 0 Å². The fourth-order valence-corrected chi connectivity index (χ4v) is 2.88. The molecule has 2 aromatic carbocycles. The molecular formula is C17H12BrIN2O3. The lowest BCUT2D eigenvalue weighted by atomic mass is 10.1. The smallest absolute Gasteiger partial charge is 0.326 e. The van der Waals surface area contributed by atoms with Crippen molar-refractivity contribution in [3.05, 3.63) is 67.3 Å². The first kappa shape index (κ1) is 17.0. The van der Waals surface area contributed by atoms with E-state index < -0.39 is 11.9 Å². The molecule has 2 aromatic rings. The maximum Gasteiger partial charge on any atom is 0.326 e. The number of benzene rings is 2. The Bertz CT molecular complexity index is 834. The summed E-state index contributed by atoms with van der Waals surface area (Å²) in [6.45, 7) is 0.410. The van der Waals surface area contributed by atoms with Crippen molar-refractivity contribution < 1.29 is 14.3 Å². The molecule has 1 heterocycles. The van der Waals surface area contributed by atoms with Gasteiger partial charge in [-0.1, -0.05) is 28.1 Å². The highest BCUT2D eigenvalue weighted by Gasteiger charge is 2.23. The minimum atomic E-state index is -0.525. The number of carbonyl (C=O) groups excluding carboxylic acids is 2. The van der Waals surface area contributed by atoms with E-state index in [1.165, 1.54) is 0 Å². The van der Waals surface area contributed by atoms with Gasteiger partial charge in [0.2, 0.25) is 0 Å². The molecule has 3 amide bonds. The van der Waals surface area contributed by atoms with Crippen LogP contribution in [-0.4, -0.2) is 11.9 Å². The number of ether oxygens (including phenoxy) is 1. The molecule has 7 heteroatoms. The molecule has 2 N–H and O–H groups in total. The zero-order chi connectivity index (χ0) is 17.1. The average Bonchev–Trinajstić information content (AvgIpc) is 2.86. The van der Waals surface area contributed by atoms with Gasteiger partial charge in [-0.3, -0.25) is 10.1 Å². The average molecular weight is 499 g/mol. The predicted octanol–water partition coefficient (Wildman–Crippen LogP) is 3.81. The van der Waals surface area contributed by atoms with Crippen LogP contribution in [0.15, 0.2) is 52.6 Å². The van der Waals surface area contributed by atoms with Crippen LogP contribution in [0.3, 0.4) is 0 Å². The molecule has 122 valence electrons. The molecule has 0 spiro atoms. The summed E-state index contributed by atoms with van der Waals surface area (Å²) in [5, 5.41) is 4.64. The van der Waals surface area contributed by atoms with Crippen molar-refractivity contribution in [3.8, 4) is 5.75 Å². The molecule has 1 aliphatic rings. The Morgan fingerprint density at radius 1 is 1.08 bits per heavy atom. The van der Waals surface area contributed by atoms with Crippen LogP contribution in [0.1, 0.15) is 11.1 Å². The summed E-state index contributed by atoms with van der Waals surface area (Å²) < 4.78 is 7.89. The van der Waals surface area contributed by atoms with E-state index in [4.69, 9.17) is 4.74 Å². The number of nitrogens with one attached hydrogen (secondary N) is 2. The Morgan fingerprint density at radius 2 is 1.83 bits per heavy atom. The molecule has 0 radical (unpaired) electrons. The molecule has 0 unspecified atom stereocenters. The zero-order valence-corrected chi connectivity index (χ0v) is 16.1. The second-order valence-electron chi connectivity index (χ2n) is 5.06. The van der Waals surface area contributed by atoms with E-state index in [1.54, 1.807) is 6.08 Å². The van der Waals surface area contributed by atoms with Crippen molar-refractivity contribution in [2.45, 2.75) is 6.61 Å². The minimum Gasteiger partial charge on any atom is -0.488 e. The van der Waals surface area contributed by atoms with E-state index in [0.29, 0.717) is 17.9 Å². The molecule has 0 bridgehead atoms. The van der Waals surface area contributed by atoms with E-state index in [9.17, 15) is 9.59 Å². The van der Waals surface area contributed by atoms with Gasteiger partial charge in [-0.15, -0.1) is 0 Å². The lowest BCUT2D eigenvalue weighted by molar-refractivity contribution is -0.115. The van der Waals surface area contributed by atoms with Crippen LogP contribution in [0.4, 0.5) is 4.79 Å². The minimum absolute atomic E-state index is 0.192. The summed E-state index contributed by atoms with van der Waals surface area (Å²) in [5.41, 5.74) is 1.93. The summed E-state index contributed by atoms with van der Waals surface area (Å²) in [7, 11) is 0. The molecule has 24 heavy (non-hydrogen) atoms. The standard InChI is InChI=1S/C17H12BrIN2O3/c18-12-3-6-15(24-9-10-1-4-13(19)5-2-10)11(7-12)8-14-16(22)21-17(23)20-14/h1-8H,9H2,(H2,20,21,22,23). The molecule has 1 saturated heterocycles. The van der Waals surface area contributed by atoms with E-state index in [1.807, 2.05) is 42.5 Å². The molecule has 1 aliphatic heterocycles. The van der Waals surface area contributed by atoms with Crippen LogP contribution in [0.2, 0.25) is 0 Å². The monoisotopic (exact) mass is 498 g/mol. The first-order valence-electron chi connectivity index (χ1n) is 7.02. The third-order valence-corrected chi connectivity index (χ3v) is 4.51. The predicted molar refractivity (Wildman–Crippen MR) is 102 cm³/mol. The van der Waals surface area contributed by atoms with Gasteiger partial charge in [0.1, 0.15) is 18.1 Å². The quantitative estimate of drug-likeness (QED) is 0.382. The van der Waals surface area contributed by atoms with Gasteiger partial charge < -0.3 is 10.1 Å². The van der Waals surface area contributed by atoms with Gasteiger partial charge in [-0.25, -0.2) is 4.79 Å². The molecule has 0 aliphatic carbocycles. The van der Waals surface area contributed by atoms with Crippen molar-refractivity contribution in [1.29, 1.82) is 0 Å². The van der Waals surface area contributed by atoms with Gasteiger partial charge in [0, 0.05) is 13.6 Å². The number of amides is 3. The van der Waals surface area contributed by atoms with Crippen LogP contribution in [0, 0.1) is 3.57 Å². The molecule has 1 fully saturated rings. The lowest BCUT2D eigenvalue weighted by Crippen LogP contribution is -2.22. The van der Waals surface area contributed by atoms with Gasteiger partial charge >= 0.3 is 6.03 Å². The lowest BCUT2D eigenvalue weighted by Gasteiger charge is -2.10. The van der Waals surface area contributed by atoms with Gasteiger partial charge in [0.25, 0.3) is 5.91 Å². The first-order chi connectivity index (χ1) is 11.5. The summed E-state index contributed by atoms with van der Waals surface area (Å²) >= 11 is 5.65. The van der Waals surface area contributed by atoms with Gasteiger partial charge in [0.15, 0.2) is 0 Å². The Hall–Kier alpha value is -1.87.